The number of nitrogens with one attached hydrogen (secondary N) is 1. The highest BCUT2D eigenvalue weighted by Gasteiger charge is 2.23. The molecule has 0 spiro atoms. The molecule has 1 nitrogen and oxygen atoms in total. The molecule has 0 saturated carbocycles. The van der Waals surface area contributed by atoms with Gasteiger partial charge in [0.2, 0.25) is 0 Å². The quantitative estimate of drug-likeness (QED) is 0.735. The molecule has 1 aromatic carbocycles. The fraction of sp³-hybridized carbons (Fsp3) is 0.455. The molecule has 1 N–H and O–H groups in total. The Morgan fingerprint density at radius 1 is 1.31 bits per heavy atom. The summed E-state index contributed by atoms with van der Waals surface area (Å²) in [5.41, 5.74) is 3.15. The molecule has 1 aliphatic heterocycles. The van der Waals surface area contributed by atoms with Crippen LogP contribution in [0.3, 0.4) is 0 Å². The molecule has 0 saturated heterocycles. The van der Waals surface area contributed by atoms with Gasteiger partial charge >= 0.3 is 0 Å². The second kappa shape index (κ2) is 3.10. The molecule has 70 valence electrons. The molecule has 2 rings (SSSR count). The topological polar surface area (TPSA) is 12.0 Å². The third-order valence-corrected chi connectivity index (χ3v) is 3.05. The van der Waals surface area contributed by atoms with Gasteiger partial charge in [0.05, 0.1) is 0 Å². The van der Waals surface area contributed by atoms with Crippen LogP contribution in [0.15, 0.2) is 22.7 Å². The van der Waals surface area contributed by atoms with Gasteiger partial charge < -0.3 is 5.32 Å². The van der Waals surface area contributed by atoms with Crippen molar-refractivity contribution in [3.8, 4) is 0 Å². The molecule has 0 aliphatic carbocycles. The van der Waals surface area contributed by atoms with Gasteiger partial charge in [0.15, 0.2) is 0 Å². The Labute approximate surface area is 87.7 Å². The summed E-state index contributed by atoms with van der Waals surface area (Å²) < 4.78 is 1.17. The molecule has 2 heteroatoms. The van der Waals surface area contributed by atoms with E-state index in [2.05, 4.69) is 53.3 Å². The van der Waals surface area contributed by atoms with E-state index in [0.717, 1.165) is 13.0 Å². The van der Waals surface area contributed by atoms with Crippen molar-refractivity contribution in [1.82, 2.24) is 5.32 Å². The number of rotatable bonds is 0. The van der Waals surface area contributed by atoms with E-state index >= 15 is 0 Å². The lowest BCUT2D eigenvalue weighted by molar-refractivity contribution is 0.362. The highest BCUT2D eigenvalue weighted by Crippen LogP contribution is 2.25. The minimum Gasteiger partial charge on any atom is -0.307 e. The first-order valence-corrected chi connectivity index (χ1v) is 5.38. The highest BCUT2D eigenvalue weighted by atomic mass is 79.9. The lowest BCUT2D eigenvalue weighted by Gasteiger charge is -2.32. The van der Waals surface area contributed by atoms with Crippen molar-refractivity contribution in [2.24, 2.45) is 0 Å². The van der Waals surface area contributed by atoms with Crippen LogP contribution in [0.1, 0.15) is 25.0 Å². The highest BCUT2D eigenvalue weighted by molar-refractivity contribution is 9.10. The summed E-state index contributed by atoms with van der Waals surface area (Å²) in [6.07, 6.45) is 1.12. The SMILES string of the molecule is CC1(C)Cc2ccc(Br)cc2CN1. The predicted molar refractivity (Wildman–Crippen MR) is 58.8 cm³/mol. The number of halogens is 1. The van der Waals surface area contributed by atoms with Crippen LogP contribution in [-0.4, -0.2) is 5.54 Å². The summed E-state index contributed by atoms with van der Waals surface area (Å²) in [6, 6.07) is 6.56. The number of benzene rings is 1. The van der Waals surface area contributed by atoms with Crippen LogP contribution in [0.5, 0.6) is 0 Å². The zero-order valence-electron chi connectivity index (χ0n) is 8.02. The Hall–Kier alpha value is -0.340. The lowest BCUT2D eigenvalue weighted by atomic mass is 9.88. The molecule has 0 fully saturated rings. The molecule has 0 radical (unpaired) electrons. The number of hydrogen-bond donors (Lipinski definition) is 1. The minimum absolute atomic E-state index is 0.251. The van der Waals surface area contributed by atoms with Gasteiger partial charge in [-0.2, -0.15) is 0 Å². The van der Waals surface area contributed by atoms with Crippen LogP contribution in [0.2, 0.25) is 0 Å². The first kappa shape index (κ1) is 9.22. The van der Waals surface area contributed by atoms with Crippen LogP contribution < -0.4 is 5.32 Å². The van der Waals surface area contributed by atoms with Crippen LogP contribution in [0, 0.1) is 0 Å². The van der Waals surface area contributed by atoms with E-state index in [4.69, 9.17) is 0 Å². The van der Waals surface area contributed by atoms with E-state index in [-0.39, 0.29) is 5.54 Å². The van der Waals surface area contributed by atoms with Crippen molar-refractivity contribution in [2.75, 3.05) is 0 Å². The van der Waals surface area contributed by atoms with Crippen LogP contribution in [0.25, 0.3) is 0 Å². The summed E-state index contributed by atoms with van der Waals surface area (Å²) in [6.45, 7) is 5.48. The van der Waals surface area contributed by atoms with E-state index in [1.807, 2.05) is 0 Å². The van der Waals surface area contributed by atoms with E-state index in [0.29, 0.717) is 0 Å². The van der Waals surface area contributed by atoms with Crippen LogP contribution >= 0.6 is 15.9 Å². The fourth-order valence-electron chi connectivity index (χ4n) is 1.80. The monoisotopic (exact) mass is 239 g/mol. The third-order valence-electron chi connectivity index (χ3n) is 2.56. The van der Waals surface area contributed by atoms with Gasteiger partial charge in [-0.25, -0.2) is 0 Å². The van der Waals surface area contributed by atoms with Crippen molar-refractivity contribution in [2.45, 2.75) is 32.4 Å². The molecule has 1 aromatic rings. The third kappa shape index (κ3) is 1.94. The zero-order chi connectivity index (χ0) is 9.47. The van der Waals surface area contributed by atoms with Crippen molar-refractivity contribution < 1.29 is 0 Å². The lowest BCUT2D eigenvalue weighted by Crippen LogP contribution is -2.44. The number of fused-ring (bicyclic) bond motifs is 1. The Kier molecular flexibility index (Phi) is 2.20. The summed E-state index contributed by atoms with van der Waals surface area (Å²) in [4.78, 5) is 0. The molecule has 1 heterocycles. The van der Waals surface area contributed by atoms with E-state index in [1.54, 1.807) is 0 Å². The first-order valence-electron chi connectivity index (χ1n) is 4.59. The maximum absolute atomic E-state index is 3.52. The molecule has 0 bridgehead atoms. The standard InChI is InChI=1S/C11H14BrN/c1-11(2)6-8-3-4-10(12)5-9(8)7-13-11/h3-5,13H,6-7H2,1-2H3. The zero-order valence-corrected chi connectivity index (χ0v) is 9.61. The van der Waals surface area contributed by atoms with E-state index in [1.165, 1.54) is 15.6 Å². The van der Waals surface area contributed by atoms with Gasteiger partial charge in [-0.05, 0) is 43.5 Å². The van der Waals surface area contributed by atoms with Gasteiger partial charge in [0.1, 0.15) is 0 Å². The van der Waals surface area contributed by atoms with Crippen LogP contribution in [-0.2, 0) is 13.0 Å². The second-order valence-electron chi connectivity index (χ2n) is 4.33. The van der Waals surface area contributed by atoms with Crippen molar-refractivity contribution in [3.05, 3.63) is 33.8 Å². The van der Waals surface area contributed by atoms with Gasteiger partial charge in [-0.1, -0.05) is 22.0 Å². The van der Waals surface area contributed by atoms with Gasteiger partial charge in [-0.15, -0.1) is 0 Å². The minimum atomic E-state index is 0.251. The number of hydrogen-bond acceptors (Lipinski definition) is 1. The fourth-order valence-corrected chi connectivity index (χ4v) is 2.21. The average molecular weight is 240 g/mol. The van der Waals surface area contributed by atoms with Gasteiger partial charge in [-0.3, -0.25) is 0 Å². The largest absolute Gasteiger partial charge is 0.307 e. The second-order valence-corrected chi connectivity index (χ2v) is 5.24. The average Bonchev–Trinajstić information content (AvgIpc) is 2.05. The molecule has 1 aliphatic rings. The summed E-state index contributed by atoms with van der Waals surface area (Å²) in [7, 11) is 0. The Morgan fingerprint density at radius 2 is 2.08 bits per heavy atom. The molecule has 0 amide bonds. The van der Waals surface area contributed by atoms with Gasteiger partial charge in [0.25, 0.3) is 0 Å². The molecular formula is C11H14BrN. The Bertz CT molecular complexity index is 331. The molecule has 0 aromatic heterocycles. The van der Waals surface area contributed by atoms with E-state index < -0.39 is 0 Å². The Balaban J connectivity index is 2.37. The Morgan fingerprint density at radius 3 is 2.85 bits per heavy atom. The van der Waals surface area contributed by atoms with Crippen molar-refractivity contribution in [1.29, 1.82) is 0 Å². The summed E-state index contributed by atoms with van der Waals surface area (Å²) in [5, 5.41) is 3.52. The van der Waals surface area contributed by atoms with Crippen LogP contribution in [0.4, 0.5) is 0 Å². The molecule has 0 unspecified atom stereocenters. The van der Waals surface area contributed by atoms with Crippen molar-refractivity contribution >= 4 is 15.9 Å². The predicted octanol–water partition coefficient (Wildman–Crippen LogP) is 2.87. The van der Waals surface area contributed by atoms with Gasteiger partial charge in [0, 0.05) is 16.6 Å². The normalized spacial score (nSPS) is 19.6. The van der Waals surface area contributed by atoms with Crippen molar-refractivity contribution in [3.63, 3.8) is 0 Å². The van der Waals surface area contributed by atoms with E-state index in [9.17, 15) is 0 Å². The first-order chi connectivity index (χ1) is 6.07. The maximum atomic E-state index is 3.52. The molecule has 0 atom stereocenters. The smallest absolute Gasteiger partial charge is 0.0213 e. The molecular weight excluding hydrogens is 226 g/mol. The summed E-state index contributed by atoms with van der Waals surface area (Å²) >= 11 is 3.49. The maximum Gasteiger partial charge on any atom is 0.0213 e. The summed E-state index contributed by atoms with van der Waals surface area (Å²) in [5.74, 6) is 0. The molecule has 13 heavy (non-hydrogen) atoms.